The van der Waals surface area contributed by atoms with Gasteiger partial charge in [-0.25, -0.2) is 0 Å². The van der Waals surface area contributed by atoms with Crippen molar-refractivity contribution in [3.8, 4) is 11.8 Å². The lowest BCUT2D eigenvalue weighted by Gasteiger charge is -2.12. The first-order valence-corrected chi connectivity index (χ1v) is 6.21. The van der Waals surface area contributed by atoms with Crippen molar-refractivity contribution in [2.24, 2.45) is 0 Å². The number of hydrogen-bond donors (Lipinski definition) is 0. The van der Waals surface area contributed by atoms with Crippen LogP contribution in [0.5, 0.6) is 0 Å². The molecule has 0 aliphatic carbocycles. The molecule has 5 heteroatoms. The molecule has 5 nitrogen and oxygen atoms in total. The molecule has 0 amide bonds. The summed E-state index contributed by atoms with van der Waals surface area (Å²) < 4.78 is 0. The molecule has 0 unspecified atom stereocenters. The molecule has 2 rings (SSSR count). The van der Waals surface area contributed by atoms with E-state index < -0.39 is 0 Å². The lowest BCUT2D eigenvalue weighted by Crippen LogP contribution is -2.21. The van der Waals surface area contributed by atoms with Crippen LogP contribution in [0.25, 0.3) is 0 Å². The van der Waals surface area contributed by atoms with Crippen molar-refractivity contribution in [2.75, 3.05) is 18.0 Å². The number of unbranched alkanes of at least 4 members (excludes halogenated alkanes) is 2. The highest BCUT2D eigenvalue weighted by atomic mass is 15.4. The second kappa shape index (κ2) is 6.14. The number of aromatic nitrogens is 4. The van der Waals surface area contributed by atoms with Gasteiger partial charge in [0.1, 0.15) is 0 Å². The molecule has 0 bridgehead atoms. The van der Waals surface area contributed by atoms with Crippen molar-refractivity contribution < 1.29 is 0 Å². The van der Waals surface area contributed by atoms with Crippen molar-refractivity contribution >= 4 is 5.95 Å². The van der Waals surface area contributed by atoms with E-state index in [0.29, 0.717) is 11.8 Å². The topological polar surface area (TPSA) is 54.8 Å². The average Bonchev–Trinajstić information content (AvgIpc) is 2.89. The maximum absolute atomic E-state index is 4.06. The van der Waals surface area contributed by atoms with Gasteiger partial charge >= 0.3 is 0 Å². The Morgan fingerprint density at radius 1 is 1.12 bits per heavy atom. The second-order valence-electron chi connectivity index (χ2n) is 4.12. The van der Waals surface area contributed by atoms with E-state index in [4.69, 9.17) is 0 Å². The summed E-state index contributed by atoms with van der Waals surface area (Å²) in [5.41, 5.74) is 0. The van der Waals surface area contributed by atoms with Crippen LogP contribution in [0.15, 0.2) is 0 Å². The maximum Gasteiger partial charge on any atom is 0.264 e. The van der Waals surface area contributed by atoms with Crippen LogP contribution in [0.4, 0.5) is 5.95 Å². The van der Waals surface area contributed by atoms with Gasteiger partial charge in [0.2, 0.25) is 5.82 Å². The van der Waals surface area contributed by atoms with Crippen molar-refractivity contribution in [3.63, 3.8) is 0 Å². The summed E-state index contributed by atoms with van der Waals surface area (Å²) in [6.45, 7) is 4.15. The molecule has 1 saturated heterocycles. The molecule has 0 saturated carbocycles. The third-order valence-electron chi connectivity index (χ3n) is 2.71. The van der Waals surface area contributed by atoms with Gasteiger partial charge in [-0.1, -0.05) is 19.3 Å². The fourth-order valence-corrected chi connectivity index (χ4v) is 1.72. The number of anilines is 1. The lowest BCUT2D eigenvalue weighted by atomic mass is 10.2. The van der Waals surface area contributed by atoms with E-state index in [1.807, 2.05) is 0 Å². The highest BCUT2D eigenvalue weighted by Gasteiger charge is 2.15. The molecule has 17 heavy (non-hydrogen) atoms. The molecule has 0 atom stereocenters. The Balaban J connectivity index is 1.94. The average molecular weight is 231 g/mol. The van der Waals surface area contributed by atoms with Gasteiger partial charge in [0.25, 0.3) is 5.95 Å². The van der Waals surface area contributed by atoms with Crippen molar-refractivity contribution in [3.05, 3.63) is 5.82 Å². The lowest BCUT2D eigenvalue weighted by molar-refractivity contribution is 0.778. The van der Waals surface area contributed by atoms with E-state index >= 15 is 0 Å². The van der Waals surface area contributed by atoms with Crippen molar-refractivity contribution in [1.82, 2.24) is 20.4 Å². The van der Waals surface area contributed by atoms with Crippen LogP contribution in [-0.4, -0.2) is 33.5 Å². The summed E-state index contributed by atoms with van der Waals surface area (Å²) in [6.07, 6.45) is 5.54. The quantitative estimate of drug-likeness (QED) is 0.581. The summed E-state index contributed by atoms with van der Waals surface area (Å²) >= 11 is 0. The van der Waals surface area contributed by atoms with E-state index in [1.165, 1.54) is 12.8 Å². The SMILES string of the molecule is CCCCC#Cc1nnc(N2CCCC2)nn1. The number of nitrogens with zero attached hydrogens (tertiary/aromatic N) is 5. The minimum atomic E-state index is 0.420. The van der Waals surface area contributed by atoms with Crippen LogP contribution in [0, 0.1) is 11.8 Å². The fourth-order valence-electron chi connectivity index (χ4n) is 1.72. The van der Waals surface area contributed by atoms with Gasteiger partial charge in [-0.3, -0.25) is 0 Å². The normalized spacial score (nSPS) is 14.5. The summed E-state index contributed by atoms with van der Waals surface area (Å²) in [7, 11) is 0. The summed E-state index contributed by atoms with van der Waals surface area (Å²) in [6, 6.07) is 0. The highest BCUT2D eigenvalue weighted by molar-refractivity contribution is 5.28. The van der Waals surface area contributed by atoms with Crippen LogP contribution in [0.1, 0.15) is 44.9 Å². The van der Waals surface area contributed by atoms with Gasteiger partial charge in [0.15, 0.2) is 0 Å². The first-order valence-electron chi connectivity index (χ1n) is 6.21. The Kier molecular flexibility index (Phi) is 4.25. The first kappa shape index (κ1) is 11.8. The molecular weight excluding hydrogens is 214 g/mol. The molecule has 1 aliphatic heterocycles. The van der Waals surface area contributed by atoms with Crippen LogP contribution < -0.4 is 4.90 Å². The molecule has 0 spiro atoms. The van der Waals surface area contributed by atoms with Gasteiger partial charge in [0.05, 0.1) is 0 Å². The van der Waals surface area contributed by atoms with E-state index in [1.54, 1.807) is 0 Å². The predicted octanol–water partition coefficient (Wildman–Crippen LogP) is 1.41. The van der Waals surface area contributed by atoms with Crippen molar-refractivity contribution in [1.29, 1.82) is 0 Å². The second-order valence-corrected chi connectivity index (χ2v) is 4.12. The summed E-state index contributed by atoms with van der Waals surface area (Å²) in [5.74, 6) is 6.95. The Hall–Kier alpha value is -1.70. The van der Waals surface area contributed by atoms with Crippen LogP contribution >= 0.6 is 0 Å². The molecule has 90 valence electrons. The first-order chi connectivity index (χ1) is 8.40. The van der Waals surface area contributed by atoms with Gasteiger partial charge in [-0.15, -0.1) is 20.4 Å². The molecule has 1 aromatic rings. The monoisotopic (exact) mass is 231 g/mol. The molecular formula is C12H17N5. The van der Waals surface area contributed by atoms with Crippen LogP contribution in [0.3, 0.4) is 0 Å². The predicted molar refractivity (Wildman–Crippen MR) is 65.5 cm³/mol. The third kappa shape index (κ3) is 3.38. The highest BCUT2D eigenvalue weighted by Crippen LogP contribution is 2.12. The Morgan fingerprint density at radius 2 is 1.82 bits per heavy atom. The smallest absolute Gasteiger partial charge is 0.264 e. The van der Waals surface area contributed by atoms with E-state index in [0.717, 1.165) is 32.4 Å². The molecule has 0 radical (unpaired) electrons. The fraction of sp³-hybridized carbons (Fsp3) is 0.667. The molecule has 1 fully saturated rings. The van der Waals surface area contributed by atoms with E-state index in [9.17, 15) is 0 Å². The zero-order valence-electron chi connectivity index (χ0n) is 10.2. The maximum atomic E-state index is 4.06. The number of rotatable bonds is 3. The van der Waals surface area contributed by atoms with Crippen LogP contribution in [0.2, 0.25) is 0 Å². The van der Waals surface area contributed by atoms with E-state index in [2.05, 4.69) is 44.1 Å². The molecule has 1 aliphatic rings. The van der Waals surface area contributed by atoms with E-state index in [-0.39, 0.29) is 0 Å². The van der Waals surface area contributed by atoms with Gasteiger partial charge in [0, 0.05) is 19.5 Å². The Bertz CT molecular complexity index is 397. The van der Waals surface area contributed by atoms with Crippen LogP contribution in [-0.2, 0) is 0 Å². The minimum absolute atomic E-state index is 0.420. The third-order valence-corrected chi connectivity index (χ3v) is 2.71. The summed E-state index contributed by atoms with van der Waals surface area (Å²) in [4.78, 5) is 2.11. The molecule has 0 N–H and O–H groups in total. The zero-order chi connectivity index (χ0) is 11.9. The molecule has 0 aromatic carbocycles. The van der Waals surface area contributed by atoms with Crippen molar-refractivity contribution in [2.45, 2.75) is 39.0 Å². The zero-order valence-corrected chi connectivity index (χ0v) is 10.2. The molecule has 2 heterocycles. The largest absolute Gasteiger partial charge is 0.338 e. The standard InChI is InChI=1S/C12H17N5/c1-2-3-4-5-8-11-13-15-12(16-14-11)17-9-6-7-10-17/h2-4,6-7,9-10H2,1H3. The molecule has 1 aromatic heterocycles. The number of hydrogen-bond acceptors (Lipinski definition) is 5. The minimum Gasteiger partial charge on any atom is -0.338 e. The van der Waals surface area contributed by atoms with Gasteiger partial charge < -0.3 is 4.90 Å². The Morgan fingerprint density at radius 3 is 2.47 bits per heavy atom. The van der Waals surface area contributed by atoms with Gasteiger partial charge in [-0.05, 0) is 25.2 Å². The summed E-state index contributed by atoms with van der Waals surface area (Å²) in [5, 5.41) is 16.1. The Labute approximate surface area is 102 Å². The van der Waals surface area contributed by atoms with Gasteiger partial charge in [-0.2, -0.15) is 0 Å².